The maximum absolute atomic E-state index is 9.84. The van der Waals surface area contributed by atoms with Crippen LogP contribution in [-0.2, 0) is 9.47 Å². The average Bonchev–Trinajstić information content (AvgIpc) is 2.40. The van der Waals surface area contributed by atoms with Crippen LogP contribution in [-0.4, -0.2) is 29.2 Å². The highest BCUT2D eigenvalue weighted by Crippen LogP contribution is 2.38. The van der Waals surface area contributed by atoms with E-state index in [1.165, 1.54) is 0 Å². The van der Waals surface area contributed by atoms with Crippen LogP contribution in [0.4, 0.5) is 0 Å². The smallest absolute Gasteiger partial charge is 0.160 e. The second-order valence-corrected chi connectivity index (χ2v) is 4.61. The number of nitrogens with zero attached hydrogens (tertiary/aromatic N) is 1. The molecule has 2 saturated heterocycles. The summed E-state index contributed by atoms with van der Waals surface area (Å²) in [5.74, 6) is 0.00565. The molecule has 0 spiro atoms. The fourth-order valence-corrected chi connectivity index (χ4v) is 2.18. The zero-order chi connectivity index (χ0) is 10.3. The summed E-state index contributed by atoms with van der Waals surface area (Å²) in [5.41, 5.74) is -0.899. The molecule has 2 heterocycles. The summed E-state index contributed by atoms with van der Waals surface area (Å²) in [5, 5.41) is 18.7. The molecule has 4 heteroatoms. The van der Waals surface area contributed by atoms with Crippen LogP contribution in [0.1, 0.15) is 26.7 Å². The molecule has 0 aromatic carbocycles. The van der Waals surface area contributed by atoms with E-state index in [4.69, 9.17) is 14.7 Å². The van der Waals surface area contributed by atoms with Crippen molar-refractivity contribution in [3.8, 4) is 6.07 Å². The molecule has 2 fully saturated rings. The van der Waals surface area contributed by atoms with Gasteiger partial charge >= 0.3 is 0 Å². The second kappa shape index (κ2) is 3.20. The maximum Gasteiger partial charge on any atom is 0.160 e. The van der Waals surface area contributed by atoms with Crippen molar-refractivity contribution in [1.82, 2.24) is 0 Å². The Morgan fingerprint density at radius 1 is 1.36 bits per heavy atom. The zero-order valence-corrected chi connectivity index (χ0v) is 8.43. The van der Waals surface area contributed by atoms with Gasteiger partial charge in [-0.3, -0.25) is 0 Å². The van der Waals surface area contributed by atoms with Gasteiger partial charge < -0.3 is 14.6 Å². The Bertz CT molecular complexity index is 266. The van der Waals surface area contributed by atoms with Crippen molar-refractivity contribution < 1.29 is 14.6 Å². The molecule has 0 radical (unpaired) electrons. The van der Waals surface area contributed by atoms with Crippen molar-refractivity contribution in [2.45, 2.75) is 50.8 Å². The molecule has 4 nitrogen and oxygen atoms in total. The van der Waals surface area contributed by atoms with Gasteiger partial charge in [-0.15, -0.1) is 0 Å². The summed E-state index contributed by atoms with van der Waals surface area (Å²) in [6.07, 6.45) is 0.570. The first-order valence-corrected chi connectivity index (χ1v) is 4.93. The van der Waals surface area contributed by atoms with Gasteiger partial charge in [0.05, 0.1) is 23.7 Å². The van der Waals surface area contributed by atoms with Crippen LogP contribution < -0.4 is 0 Å². The van der Waals surface area contributed by atoms with E-state index in [-0.39, 0.29) is 24.4 Å². The van der Waals surface area contributed by atoms with Crippen LogP contribution in [0, 0.1) is 17.2 Å². The molecule has 0 aliphatic carbocycles. The maximum atomic E-state index is 9.84. The third-order valence-electron chi connectivity index (χ3n) is 2.84. The summed E-state index contributed by atoms with van der Waals surface area (Å²) >= 11 is 0. The summed E-state index contributed by atoms with van der Waals surface area (Å²) in [7, 11) is 0. The topological polar surface area (TPSA) is 62.5 Å². The number of aliphatic hydroxyl groups is 1. The van der Waals surface area contributed by atoms with Crippen molar-refractivity contribution in [3.05, 3.63) is 0 Å². The van der Waals surface area contributed by atoms with Crippen molar-refractivity contribution >= 4 is 0 Å². The van der Waals surface area contributed by atoms with Crippen molar-refractivity contribution in [1.29, 1.82) is 5.26 Å². The summed E-state index contributed by atoms with van der Waals surface area (Å²) < 4.78 is 11.1. The number of nitriles is 1. The molecule has 0 saturated carbocycles. The second-order valence-electron chi connectivity index (χ2n) is 4.61. The van der Waals surface area contributed by atoms with Gasteiger partial charge in [0.25, 0.3) is 0 Å². The van der Waals surface area contributed by atoms with Gasteiger partial charge in [0.2, 0.25) is 0 Å². The summed E-state index contributed by atoms with van der Waals surface area (Å²) in [6, 6.07) is 2.24. The van der Waals surface area contributed by atoms with Crippen molar-refractivity contribution in [2.24, 2.45) is 5.92 Å². The predicted molar refractivity (Wildman–Crippen MR) is 48.2 cm³/mol. The van der Waals surface area contributed by atoms with Crippen LogP contribution in [0.5, 0.6) is 0 Å². The number of hydrogen-bond acceptors (Lipinski definition) is 4. The first kappa shape index (κ1) is 9.91. The minimum Gasteiger partial charge on any atom is -0.388 e. The lowest BCUT2D eigenvalue weighted by Gasteiger charge is -2.28. The normalized spacial score (nSPS) is 42.1. The Morgan fingerprint density at radius 2 is 2.07 bits per heavy atom. The van der Waals surface area contributed by atoms with Gasteiger partial charge in [0, 0.05) is 6.42 Å². The van der Waals surface area contributed by atoms with E-state index < -0.39 is 5.60 Å². The van der Waals surface area contributed by atoms with E-state index in [1.54, 1.807) is 13.8 Å². The highest BCUT2D eigenvalue weighted by atomic mass is 16.7. The monoisotopic (exact) mass is 197 g/mol. The Labute approximate surface area is 83.4 Å². The SMILES string of the molecule is CC(C)(O)[C@@H]1O[C@@H]2C[C@@H](C#N)C[C@H]1O2. The number of hydrogen-bond donors (Lipinski definition) is 1. The number of rotatable bonds is 1. The summed E-state index contributed by atoms with van der Waals surface area (Å²) in [6.45, 7) is 3.42. The van der Waals surface area contributed by atoms with Gasteiger partial charge in [-0.2, -0.15) is 5.26 Å². The predicted octanol–water partition coefficient (Wildman–Crippen LogP) is 0.801. The fourth-order valence-electron chi connectivity index (χ4n) is 2.18. The molecule has 2 rings (SSSR count). The van der Waals surface area contributed by atoms with Crippen LogP contribution in [0.15, 0.2) is 0 Å². The molecule has 2 aliphatic rings. The minimum atomic E-state index is -0.899. The van der Waals surface area contributed by atoms with Crippen molar-refractivity contribution in [2.75, 3.05) is 0 Å². The first-order chi connectivity index (χ1) is 6.50. The highest BCUT2D eigenvalue weighted by molar-refractivity contribution is 4.98. The molecule has 14 heavy (non-hydrogen) atoms. The molecule has 78 valence electrons. The molecule has 2 bridgehead atoms. The lowest BCUT2D eigenvalue weighted by Crippen LogP contribution is -2.43. The molecular formula is C10H15NO3. The van der Waals surface area contributed by atoms with Crippen LogP contribution in [0.25, 0.3) is 0 Å². The summed E-state index contributed by atoms with van der Waals surface area (Å²) in [4.78, 5) is 0. The molecule has 0 unspecified atom stereocenters. The lowest BCUT2D eigenvalue weighted by molar-refractivity contribution is -0.114. The molecule has 2 aliphatic heterocycles. The Kier molecular flexibility index (Phi) is 2.26. The average molecular weight is 197 g/mol. The third kappa shape index (κ3) is 1.63. The third-order valence-corrected chi connectivity index (χ3v) is 2.84. The minimum absolute atomic E-state index is 0.00565. The van der Waals surface area contributed by atoms with Crippen LogP contribution >= 0.6 is 0 Å². The molecule has 4 atom stereocenters. The standard InChI is InChI=1S/C10H15NO3/c1-10(2,12)9-7-3-6(5-11)4-8(13-7)14-9/h6-9,12H,3-4H2,1-2H3/t6-,7+,8+,9+/m0/s1. The van der Waals surface area contributed by atoms with E-state index in [9.17, 15) is 5.11 Å². The van der Waals surface area contributed by atoms with E-state index in [2.05, 4.69) is 6.07 Å². The Balaban J connectivity index is 2.11. The van der Waals surface area contributed by atoms with Gasteiger partial charge in [0.15, 0.2) is 6.29 Å². The van der Waals surface area contributed by atoms with E-state index in [0.29, 0.717) is 12.8 Å². The molecule has 0 aromatic heterocycles. The van der Waals surface area contributed by atoms with E-state index >= 15 is 0 Å². The molecule has 0 aromatic rings. The molecule has 1 N–H and O–H groups in total. The Morgan fingerprint density at radius 3 is 2.64 bits per heavy atom. The van der Waals surface area contributed by atoms with E-state index in [0.717, 1.165) is 0 Å². The highest BCUT2D eigenvalue weighted by Gasteiger charge is 2.48. The first-order valence-electron chi connectivity index (χ1n) is 4.93. The van der Waals surface area contributed by atoms with Gasteiger partial charge in [-0.25, -0.2) is 0 Å². The van der Waals surface area contributed by atoms with Crippen molar-refractivity contribution in [3.63, 3.8) is 0 Å². The fraction of sp³-hybridized carbons (Fsp3) is 0.900. The van der Waals surface area contributed by atoms with E-state index in [1.807, 2.05) is 0 Å². The van der Waals surface area contributed by atoms with Crippen LogP contribution in [0.2, 0.25) is 0 Å². The van der Waals surface area contributed by atoms with Crippen LogP contribution in [0.3, 0.4) is 0 Å². The Hall–Kier alpha value is -0.630. The molecule has 0 amide bonds. The molecular weight excluding hydrogens is 182 g/mol. The zero-order valence-electron chi connectivity index (χ0n) is 8.43. The number of fused-ring (bicyclic) bond motifs is 2. The van der Waals surface area contributed by atoms with Gasteiger partial charge in [0.1, 0.15) is 6.10 Å². The lowest BCUT2D eigenvalue weighted by atomic mass is 9.90. The van der Waals surface area contributed by atoms with Gasteiger partial charge in [-0.1, -0.05) is 0 Å². The quantitative estimate of drug-likeness (QED) is 0.675. The van der Waals surface area contributed by atoms with Gasteiger partial charge in [-0.05, 0) is 20.3 Å². The largest absolute Gasteiger partial charge is 0.388 e. The number of ether oxygens (including phenoxy) is 2.